The number of thiophene rings is 1. The van der Waals surface area contributed by atoms with E-state index in [-0.39, 0.29) is 0 Å². The third kappa shape index (κ3) is 3.53. The summed E-state index contributed by atoms with van der Waals surface area (Å²) < 4.78 is 2.25. The molecule has 1 fully saturated rings. The average Bonchev–Trinajstić information content (AvgIpc) is 2.79. The van der Waals surface area contributed by atoms with Crippen molar-refractivity contribution in [3.8, 4) is 0 Å². The standard InChI is InChI=1S/C10H13Br2NOS/c11-9-5-8(15-10(9)12)6-13-14-7-3-1-2-4-7/h5,7,13H,1-4,6H2. The van der Waals surface area contributed by atoms with Crippen LogP contribution < -0.4 is 5.48 Å². The molecule has 0 radical (unpaired) electrons. The smallest absolute Gasteiger partial charge is 0.0843 e. The minimum atomic E-state index is 0.428. The van der Waals surface area contributed by atoms with Crippen LogP contribution in [-0.2, 0) is 11.4 Å². The second kappa shape index (κ2) is 5.77. The van der Waals surface area contributed by atoms with E-state index < -0.39 is 0 Å². The molecule has 1 N–H and O–H groups in total. The van der Waals surface area contributed by atoms with Gasteiger partial charge in [0.2, 0.25) is 0 Å². The van der Waals surface area contributed by atoms with Crippen molar-refractivity contribution in [1.29, 1.82) is 0 Å². The fraction of sp³-hybridized carbons (Fsp3) is 0.600. The lowest BCUT2D eigenvalue weighted by molar-refractivity contribution is -0.0239. The SMILES string of the molecule is Brc1cc(CNOC2CCCC2)sc1Br. The third-order valence-electron chi connectivity index (χ3n) is 2.49. The zero-order chi connectivity index (χ0) is 10.7. The number of hydrogen-bond donors (Lipinski definition) is 1. The molecular weight excluding hydrogens is 342 g/mol. The summed E-state index contributed by atoms with van der Waals surface area (Å²) >= 11 is 8.67. The van der Waals surface area contributed by atoms with E-state index in [1.165, 1.54) is 30.6 Å². The Hall–Kier alpha value is 0.580. The topological polar surface area (TPSA) is 21.3 Å². The van der Waals surface area contributed by atoms with Crippen molar-refractivity contribution in [3.05, 3.63) is 19.2 Å². The normalized spacial score (nSPS) is 17.5. The van der Waals surface area contributed by atoms with E-state index in [1.807, 2.05) is 0 Å². The molecule has 0 amide bonds. The molecule has 1 aromatic rings. The second-order valence-electron chi connectivity index (χ2n) is 3.68. The molecule has 0 atom stereocenters. The van der Waals surface area contributed by atoms with E-state index in [0.29, 0.717) is 6.10 Å². The zero-order valence-corrected chi connectivity index (χ0v) is 12.3. The van der Waals surface area contributed by atoms with Crippen LogP contribution in [0.4, 0.5) is 0 Å². The van der Waals surface area contributed by atoms with E-state index in [2.05, 4.69) is 43.4 Å². The number of hydrogen-bond acceptors (Lipinski definition) is 3. The molecule has 1 heterocycles. The maximum absolute atomic E-state index is 5.58. The lowest BCUT2D eigenvalue weighted by Gasteiger charge is -2.10. The second-order valence-corrected chi connectivity index (χ2v) is 6.99. The molecule has 1 aliphatic carbocycles. The van der Waals surface area contributed by atoms with E-state index >= 15 is 0 Å². The van der Waals surface area contributed by atoms with Crippen molar-refractivity contribution in [3.63, 3.8) is 0 Å². The summed E-state index contributed by atoms with van der Waals surface area (Å²) in [6.07, 6.45) is 5.44. The van der Waals surface area contributed by atoms with Gasteiger partial charge in [0.15, 0.2) is 0 Å². The van der Waals surface area contributed by atoms with Crippen LogP contribution in [0.25, 0.3) is 0 Å². The molecule has 1 aliphatic rings. The van der Waals surface area contributed by atoms with E-state index in [4.69, 9.17) is 4.84 Å². The molecule has 2 rings (SSSR count). The molecular formula is C10H13Br2NOS. The maximum atomic E-state index is 5.58. The predicted octanol–water partition coefficient (Wildman–Crippen LogP) is 4.24. The first kappa shape index (κ1) is 12.0. The largest absolute Gasteiger partial charge is 0.298 e. The minimum absolute atomic E-state index is 0.428. The van der Waals surface area contributed by atoms with E-state index in [9.17, 15) is 0 Å². The van der Waals surface area contributed by atoms with Gasteiger partial charge in [0.1, 0.15) is 0 Å². The average molecular weight is 355 g/mol. The Morgan fingerprint density at radius 1 is 1.40 bits per heavy atom. The van der Waals surface area contributed by atoms with Crippen molar-refractivity contribution in [2.45, 2.75) is 38.3 Å². The highest BCUT2D eigenvalue weighted by molar-refractivity contribution is 9.13. The molecule has 1 aromatic heterocycles. The quantitative estimate of drug-likeness (QED) is 0.816. The summed E-state index contributed by atoms with van der Waals surface area (Å²) in [4.78, 5) is 6.85. The highest BCUT2D eigenvalue weighted by Crippen LogP contribution is 2.32. The van der Waals surface area contributed by atoms with Gasteiger partial charge < -0.3 is 0 Å². The highest BCUT2D eigenvalue weighted by Gasteiger charge is 2.15. The monoisotopic (exact) mass is 353 g/mol. The van der Waals surface area contributed by atoms with Crippen LogP contribution in [-0.4, -0.2) is 6.10 Å². The highest BCUT2D eigenvalue weighted by atomic mass is 79.9. The summed E-state index contributed by atoms with van der Waals surface area (Å²) in [5, 5.41) is 0. The minimum Gasteiger partial charge on any atom is -0.298 e. The van der Waals surface area contributed by atoms with Crippen LogP contribution in [0.2, 0.25) is 0 Å². The van der Waals surface area contributed by atoms with Gasteiger partial charge in [-0.1, -0.05) is 12.8 Å². The Morgan fingerprint density at radius 2 is 2.13 bits per heavy atom. The molecule has 0 saturated heterocycles. The predicted molar refractivity (Wildman–Crippen MR) is 69.9 cm³/mol. The van der Waals surface area contributed by atoms with Crippen LogP contribution in [0.1, 0.15) is 30.6 Å². The van der Waals surface area contributed by atoms with Crippen molar-refractivity contribution in [2.24, 2.45) is 0 Å². The van der Waals surface area contributed by atoms with Crippen molar-refractivity contribution in [2.75, 3.05) is 0 Å². The van der Waals surface area contributed by atoms with Gasteiger partial charge in [-0.3, -0.25) is 4.84 Å². The molecule has 2 nitrogen and oxygen atoms in total. The van der Waals surface area contributed by atoms with Crippen LogP contribution >= 0.6 is 43.2 Å². The van der Waals surface area contributed by atoms with E-state index in [1.54, 1.807) is 11.3 Å². The van der Waals surface area contributed by atoms with Gasteiger partial charge in [0.05, 0.1) is 16.4 Å². The Morgan fingerprint density at radius 3 is 2.73 bits per heavy atom. The molecule has 0 aromatic carbocycles. The third-order valence-corrected chi connectivity index (χ3v) is 5.75. The number of hydroxylamine groups is 1. The molecule has 0 spiro atoms. The number of halogens is 2. The molecule has 0 bridgehead atoms. The Kier molecular flexibility index (Phi) is 4.64. The van der Waals surface area contributed by atoms with Gasteiger partial charge in [-0.05, 0) is 50.8 Å². The summed E-state index contributed by atoms with van der Waals surface area (Å²) in [6.45, 7) is 0.783. The van der Waals surface area contributed by atoms with Gasteiger partial charge in [0, 0.05) is 9.35 Å². The Labute approximate surface area is 111 Å². The maximum Gasteiger partial charge on any atom is 0.0843 e. The van der Waals surface area contributed by atoms with Crippen molar-refractivity contribution < 1.29 is 4.84 Å². The molecule has 15 heavy (non-hydrogen) atoms. The Bertz CT molecular complexity index is 304. The van der Waals surface area contributed by atoms with Crippen LogP contribution in [0.15, 0.2) is 14.3 Å². The molecule has 0 unspecified atom stereocenters. The first-order chi connectivity index (χ1) is 7.25. The summed E-state index contributed by atoms with van der Waals surface area (Å²) in [5.74, 6) is 0. The first-order valence-electron chi connectivity index (χ1n) is 5.08. The molecule has 1 saturated carbocycles. The first-order valence-corrected chi connectivity index (χ1v) is 7.48. The summed E-state index contributed by atoms with van der Waals surface area (Å²) in [7, 11) is 0. The van der Waals surface area contributed by atoms with Gasteiger partial charge in [0.25, 0.3) is 0 Å². The van der Waals surface area contributed by atoms with Crippen LogP contribution in [0, 0.1) is 0 Å². The summed E-state index contributed by atoms with van der Waals surface area (Å²) in [5.41, 5.74) is 3.05. The number of nitrogens with one attached hydrogen (secondary N) is 1. The van der Waals surface area contributed by atoms with Crippen molar-refractivity contribution in [1.82, 2.24) is 5.48 Å². The van der Waals surface area contributed by atoms with E-state index in [0.717, 1.165) is 14.8 Å². The van der Waals surface area contributed by atoms with Crippen LogP contribution in [0.5, 0.6) is 0 Å². The van der Waals surface area contributed by atoms with Gasteiger partial charge in [-0.25, -0.2) is 0 Å². The zero-order valence-electron chi connectivity index (χ0n) is 8.26. The van der Waals surface area contributed by atoms with Gasteiger partial charge in [-0.2, -0.15) is 5.48 Å². The lowest BCUT2D eigenvalue weighted by Crippen LogP contribution is -2.20. The van der Waals surface area contributed by atoms with Gasteiger partial charge >= 0.3 is 0 Å². The summed E-state index contributed by atoms with van der Waals surface area (Å²) in [6, 6.07) is 2.11. The lowest BCUT2D eigenvalue weighted by atomic mass is 10.3. The molecule has 84 valence electrons. The fourth-order valence-corrected chi connectivity index (χ4v) is 3.82. The van der Waals surface area contributed by atoms with Crippen molar-refractivity contribution >= 4 is 43.2 Å². The van der Waals surface area contributed by atoms with Crippen LogP contribution in [0.3, 0.4) is 0 Å². The Balaban J connectivity index is 1.73. The fourth-order valence-electron chi connectivity index (χ4n) is 1.72. The molecule has 0 aliphatic heterocycles. The van der Waals surface area contributed by atoms with Gasteiger partial charge in [-0.15, -0.1) is 11.3 Å². The number of rotatable bonds is 4. The molecule has 5 heteroatoms.